The number of amidine groups is 2. The van der Waals surface area contributed by atoms with E-state index in [0.717, 1.165) is 37.5 Å². The number of hydrogen-bond donors (Lipinski definition) is 0. The maximum absolute atomic E-state index is 6.13. The first-order valence-corrected chi connectivity index (χ1v) is 8.61. The van der Waals surface area contributed by atoms with E-state index in [0.29, 0.717) is 5.29 Å². The van der Waals surface area contributed by atoms with Crippen LogP contribution in [0.2, 0.25) is 0 Å². The van der Waals surface area contributed by atoms with E-state index in [2.05, 4.69) is 43.8 Å². The molecule has 7 heteroatoms. The fourth-order valence-electron chi connectivity index (χ4n) is 2.59. The maximum atomic E-state index is 6.13. The van der Waals surface area contributed by atoms with Gasteiger partial charge in [-0.2, -0.15) is 0 Å². The van der Waals surface area contributed by atoms with Crippen molar-refractivity contribution in [2.24, 2.45) is 9.98 Å². The standard InChI is InChI=1S/C12H15BrClN3OS/c1-12-6-8(7-13)19-9(12)10(15-11(14)16-12)17-2-4-18-5-3-17/h6,9H,2-5,7H2,1H3. The summed E-state index contributed by atoms with van der Waals surface area (Å²) in [6, 6.07) is 0. The van der Waals surface area contributed by atoms with Gasteiger partial charge in [0.1, 0.15) is 5.84 Å². The Bertz CT molecular complexity index is 476. The average molecular weight is 365 g/mol. The van der Waals surface area contributed by atoms with E-state index in [9.17, 15) is 0 Å². The van der Waals surface area contributed by atoms with Crippen molar-refractivity contribution in [3.8, 4) is 0 Å². The lowest BCUT2D eigenvalue weighted by Crippen LogP contribution is -2.51. The minimum atomic E-state index is -0.278. The van der Waals surface area contributed by atoms with Crippen molar-refractivity contribution in [1.82, 2.24) is 4.90 Å². The summed E-state index contributed by atoms with van der Waals surface area (Å²) in [5, 5.41) is 1.43. The highest BCUT2D eigenvalue weighted by molar-refractivity contribution is 9.09. The van der Waals surface area contributed by atoms with Crippen LogP contribution in [0.1, 0.15) is 6.92 Å². The number of thioether (sulfide) groups is 1. The summed E-state index contributed by atoms with van der Waals surface area (Å²) in [5.74, 6) is 1.04. The maximum Gasteiger partial charge on any atom is 0.220 e. The van der Waals surface area contributed by atoms with Crippen LogP contribution in [0.5, 0.6) is 0 Å². The molecule has 2 atom stereocenters. The first-order valence-electron chi connectivity index (χ1n) is 6.23. The lowest BCUT2D eigenvalue weighted by atomic mass is 9.95. The fourth-order valence-corrected chi connectivity index (χ4v) is 4.75. The van der Waals surface area contributed by atoms with E-state index in [1.54, 1.807) is 0 Å². The first kappa shape index (κ1) is 13.9. The Hall–Kier alpha value is -0.0400. The second kappa shape index (κ2) is 5.39. The molecule has 0 N–H and O–H groups in total. The van der Waals surface area contributed by atoms with Gasteiger partial charge in [0.15, 0.2) is 0 Å². The Morgan fingerprint density at radius 2 is 2.32 bits per heavy atom. The molecule has 3 aliphatic rings. The van der Waals surface area contributed by atoms with Gasteiger partial charge in [-0.15, -0.1) is 11.8 Å². The number of alkyl halides is 1. The number of morpholine rings is 1. The number of aliphatic imine (C=N–C) groups is 2. The van der Waals surface area contributed by atoms with Gasteiger partial charge in [0.05, 0.1) is 24.0 Å². The van der Waals surface area contributed by atoms with Gasteiger partial charge in [0.25, 0.3) is 0 Å². The predicted molar refractivity (Wildman–Crippen MR) is 84.8 cm³/mol. The largest absolute Gasteiger partial charge is 0.378 e. The summed E-state index contributed by atoms with van der Waals surface area (Å²) in [7, 11) is 0. The van der Waals surface area contributed by atoms with E-state index in [4.69, 9.17) is 16.3 Å². The Morgan fingerprint density at radius 3 is 3.00 bits per heavy atom. The number of halogens is 2. The molecule has 104 valence electrons. The van der Waals surface area contributed by atoms with Crippen molar-refractivity contribution in [2.75, 3.05) is 31.6 Å². The van der Waals surface area contributed by atoms with Crippen molar-refractivity contribution in [3.63, 3.8) is 0 Å². The van der Waals surface area contributed by atoms with Crippen LogP contribution < -0.4 is 0 Å². The van der Waals surface area contributed by atoms with Crippen molar-refractivity contribution in [2.45, 2.75) is 17.7 Å². The molecule has 0 aromatic rings. The molecule has 0 aromatic heterocycles. The van der Waals surface area contributed by atoms with E-state index >= 15 is 0 Å². The molecule has 0 aliphatic carbocycles. The molecular formula is C12H15BrClN3OS. The van der Waals surface area contributed by atoms with Gasteiger partial charge in [0.2, 0.25) is 5.29 Å². The van der Waals surface area contributed by atoms with Crippen molar-refractivity contribution in [3.05, 3.63) is 11.0 Å². The number of ether oxygens (including phenoxy) is 1. The summed E-state index contributed by atoms with van der Waals surface area (Å²) < 4.78 is 5.41. The molecule has 3 rings (SSSR count). The summed E-state index contributed by atoms with van der Waals surface area (Å²) >= 11 is 11.5. The van der Waals surface area contributed by atoms with E-state index in [1.807, 2.05) is 11.8 Å². The molecule has 4 nitrogen and oxygen atoms in total. The molecule has 1 fully saturated rings. The molecule has 3 heterocycles. The fraction of sp³-hybridized carbons (Fsp3) is 0.667. The SMILES string of the molecule is CC12C=C(CBr)SC1C(N1CCOCC1)=NC(Cl)=N2. The van der Waals surface area contributed by atoms with Crippen LogP contribution >= 0.6 is 39.3 Å². The topological polar surface area (TPSA) is 37.2 Å². The van der Waals surface area contributed by atoms with Crippen molar-refractivity contribution >= 4 is 50.4 Å². The number of hydrogen-bond acceptors (Lipinski definition) is 5. The minimum Gasteiger partial charge on any atom is -0.378 e. The van der Waals surface area contributed by atoms with Gasteiger partial charge in [0, 0.05) is 18.4 Å². The molecule has 2 unspecified atom stereocenters. The van der Waals surface area contributed by atoms with E-state index in [1.165, 1.54) is 4.91 Å². The van der Waals surface area contributed by atoms with Crippen LogP contribution in [0.15, 0.2) is 21.0 Å². The highest BCUT2D eigenvalue weighted by atomic mass is 79.9. The predicted octanol–water partition coefficient (Wildman–Crippen LogP) is 2.48. The Balaban J connectivity index is 1.91. The molecule has 0 bridgehead atoms. The number of fused-ring (bicyclic) bond motifs is 1. The third-order valence-corrected chi connectivity index (χ3v) is 6.13. The number of rotatable bonds is 1. The molecule has 0 spiro atoms. The minimum absolute atomic E-state index is 0.223. The average Bonchev–Trinajstić information content (AvgIpc) is 2.75. The summed E-state index contributed by atoms with van der Waals surface area (Å²) in [5.41, 5.74) is -0.278. The zero-order chi connectivity index (χ0) is 13.5. The van der Waals surface area contributed by atoms with Gasteiger partial charge in [-0.3, -0.25) is 0 Å². The molecule has 0 aromatic carbocycles. The second-order valence-corrected chi connectivity index (χ2v) is 7.05. The molecule has 0 saturated carbocycles. The lowest BCUT2D eigenvalue weighted by molar-refractivity contribution is 0.0670. The first-order chi connectivity index (χ1) is 9.12. The highest BCUT2D eigenvalue weighted by Crippen LogP contribution is 2.45. The van der Waals surface area contributed by atoms with Crippen LogP contribution in [-0.4, -0.2) is 58.5 Å². The summed E-state index contributed by atoms with van der Waals surface area (Å²) in [6.45, 7) is 5.37. The van der Waals surface area contributed by atoms with Crippen molar-refractivity contribution < 1.29 is 4.74 Å². The van der Waals surface area contributed by atoms with Crippen molar-refractivity contribution in [1.29, 1.82) is 0 Å². The third-order valence-electron chi connectivity index (χ3n) is 3.49. The molecule has 0 radical (unpaired) electrons. The summed E-state index contributed by atoms with van der Waals surface area (Å²) in [6.07, 6.45) is 2.20. The van der Waals surface area contributed by atoms with E-state index in [-0.39, 0.29) is 10.8 Å². The Labute approximate surface area is 130 Å². The Kier molecular flexibility index (Phi) is 3.95. The quantitative estimate of drug-likeness (QED) is 0.530. The zero-order valence-electron chi connectivity index (χ0n) is 10.6. The molecule has 3 aliphatic heterocycles. The number of nitrogens with zero attached hydrogens (tertiary/aromatic N) is 3. The van der Waals surface area contributed by atoms with Gasteiger partial charge in [-0.05, 0) is 29.5 Å². The monoisotopic (exact) mass is 363 g/mol. The third kappa shape index (κ3) is 2.60. The Morgan fingerprint density at radius 1 is 1.58 bits per heavy atom. The molecule has 0 amide bonds. The highest BCUT2D eigenvalue weighted by Gasteiger charge is 2.46. The molecule has 1 saturated heterocycles. The second-order valence-electron chi connectivity index (χ2n) is 4.92. The number of allylic oxidation sites excluding steroid dienone is 1. The van der Waals surface area contributed by atoms with Crippen LogP contribution in [0.3, 0.4) is 0 Å². The van der Waals surface area contributed by atoms with Crippen LogP contribution in [-0.2, 0) is 4.74 Å². The van der Waals surface area contributed by atoms with Crippen LogP contribution in [0, 0.1) is 0 Å². The van der Waals surface area contributed by atoms with Gasteiger partial charge in [-0.25, -0.2) is 9.98 Å². The molecule has 19 heavy (non-hydrogen) atoms. The van der Waals surface area contributed by atoms with E-state index < -0.39 is 0 Å². The normalized spacial score (nSPS) is 34.6. The smallest absolute Gasteiger partial charge is 0.220 e. The zero-order valence-corrected chi connectivity index (χ0v) is 13.8. The van der Waals surface area contributed by atoms with Crippen LogP contribution in [0.4, 0.5) is 0 Å². The summed E-state index contributed by atoms with van der Waals surface area (Å²) in [4.78, 5) is 12.6. The van der Waals surface area contributed by atoms with Gasteiger partial charge in [-0.1, -0.05) is 15.9 Å². The van der Waals surface area contributed by atoms with Crippen LogP contribution in [0.25, 0.3) is 0 Å². The van der Waals surface area contributed by atoms with Gasteiger partial charge >= 0.3 is 0 Å². The van der Waals surface area contributed by atoms with Gasteiger partial charge < -0.3 is 9.64 Å². The molecular weight excluding hydrogens is 350 g/mol. The lowest BCUT2D eigenvalue weighted by Gasteiger charge is -2.38.